The van der Waals surface area contributed by atoms with Crippen molar-refractivity contribution in [3.63, 3.8) is 0 Å². The van der Waals surface area contributed by atoms with Crippen LogP contribution in [0.1, 0.15) is 45.1 Å². The Bertz CT molecular complexity index is 583. The van der Waals surface area contributed by atoms with Gasteiger partial charge in [-0.3, -0.25) is 9.59 Å². The van der Waals surface area contributed by atoms with Gasteiger partial charge in [0.25, 0.3) is 5.56 Å². The van der Waals surface area contributed by atoms with Crippen LogP contribution in [-0.4, -0.2) is 38.7 Å². The maximum absolute atomic E-state index is 12.4. The Labute approximate surface area is 128 Å². The first-order valence-electron chi connectivity index (χ1n) is 7.66. The van der Waals surface area contributed by atoms with Crippen molar-refractivity contribution in [1.82, 2.24) is 14.5 Å². The molecule has 1 aromatic rings. The van der Waals surface area contributed by atoms with Crippen molar-refractivity contribution in [2.45, 2.75) is 56.3 Å². The summed E-state index contributed by atoms with van der Waals surface area (Å²) >= 11 is 1.39. The smallest absolute Gasteiger partial charge is 0.273 e. The van der Waals surface area contributed by atoms with Crippen molar-refractivity contribution < 1.29 is 4.79 Å². The third-order valence-electron chi connectivity index (χ3n) is 4.19. The molecule has 0 bridgehead atoms. The summed E-state index contributed by atoms with van der Waals surface area (Å²) in [5.41, 5.74) is -0.229. The lowest BCUT2D eigenvalue weighted by Crippen LogP contribution is -2.43. The van der Waals surface area contributed by atoms with E-state index >= 15 is 0 Å². The van der Waals surface area contributed by atoms with Crippen LogP contribution in [0.5, 0.6) is 0 Å². The van der Waals surface area contributed by atoms with Crippen molar-refractivity contribution in [3.8, 4) is 0 Å². The van der Waals surface area contributed by atoms with Crippen LogP contribution >= 0.6 is 11.8 Å². The second-order valence-corrected chi connectivity index (χ2v) is 6.85. The third kappa shape index (κ3) is 3.48. The number of nitrogens with zero attached hydrogens (tertiary/aromatic N) is 3. The van der Waals surface area contributed by atoms with Crippen LogP contribution in [-0.2, 0) is 4.79 Å². The Morgan fingerprint density at radius 1 is 1.38 bits per heavy atom. The minimum absolute atomic E-state index is 0.160. The SMILES string of the molecule is C[C@@H]1CCCCN1C(=O)CSc1nc(=O)ccn1C1CC1. The molecular formula is C15H21N3O2S. The minimum Gasteiger partial charge on any atom is -0.339 e. The van der Waals surface area contributed by atoms with Crippen LogP contribution in [0.2, 0.25) is 0 Å². The second kappa shape index (κ2) is 6.22. The van der Waals surface area contributed by atoms with Crippen molar-refractivity contribution in [2.24, 2.45) is 0 Å². The Morgan fingerprint density at radius 2 is 2.19 bits per heavy atom. The predicted molar refractivity (Wildman–Crippen MR) is 82.5 cm³/mol. The number of likely N-dealkylation sites (tertiary alicyclic amines) is 1. The van der Waals surface area contributed by atoms with Gasteiger partial charge in [-0.25, -0.2) is 0 Å². The lowest BCUT2D eigenvalue weighted by Gasteiger charge is -2.33. The fourth-order valence-electron chi connectivity index (χ4n) is 2.81. The largest absolute Gasteiger partial charge is 0.339 e. The Morgan fingerprint density at radius 3 is 2.90 bits per heavy atom. The molecule has 3 rings (SSSR count). The first kappa shape index (κ1) is 14.6. The number of hydrogen-bond donors (Lipinski definition) is 0. The van der Waals surface area contributed by atoms with E-state index in [9.17, 15) is 9.59 Å². The molecule has 1 amide bonds. The van der Waals surface area contributed by atoms with E-state index in [1.54, 1.807) is 0 Å². The topological polar surface area (TPSA) is 55.2 Å². The van der Waals surface area contributed by atoms with Gasteiger partial charge < -0.3 is 9.47 Å². The summed E-state index contributed by atoms with van der Waals surface area (Å²) in [6, 6.07) is 2.29. The second-order valence-electron chi connectivity index (χ2n) is 5.91. The number of amides is 1. The molecule has 114 valence electrons. The first-order valence-corrected chi connectivity index (χ1v) is 8.65. The minimum atomic E-state index is -0.229. The molecule has 2 aliphatic rings. The van der Waals surface area contributed by atoms with Crippen LogP contribution in [0.3, 0.4) is 0 Å². The van der Waals surface area contributed by atoms with E-state index in [1.807, 2.05) is 15.7 Å². The van der Waals surface area contributed by atoms with Crippen LogP contribution in [0.25, 0.3) is 0 Å². The molecule has 6 heteroatoms. The molecule has 1 aliphatic carbocycles. The Kier molecular flexibility index (Phi) is 4.33. The third-order valence-corrected chi connectivity index (χ3v) is 5.14. The van der Waals surface area contributed by atoms with E-state index < -0.39 is 0 Å². The van der Waals surface area contributed by atoms with Gasteiger partial charge in [0, 0.05) is 30.9 Å². The van der Waals surface area contributed by atoms with E-state index in [2.05, 4.69) is 11.9 Å². The Balaban J connectivity index is 1.65. The van der Waals surface area contributed by atoms with Gasteiger partial charge in [-0.1, -0.05) is 11.8 Å². The number of carbonyl (C=O) groups excluding carboxylic acids is 1. The summed E-state index contributed by atoms with van der Waals surface area (Å²) < 4.78 is 2.04. The molecule has 1 aliphatic heterocycles. The summed E-state index contributed by atoms with van der Waals surface area (Å²) in [5, 5.41) is 0.683. The van der Waals surface area contributed by atoms with E-state index in [0.717, 1.165) is 32.2 Å². The molecule has 0 unspecified atom stereocenters. The summed E-state index contributed by atoms with van der Waals surface area (Å²) in [4.78, 5) is 29.8. The van der Waals surface area contributed by atoms with Crippen LogP contribution in [0, 0.1) is 0 Å². The Hall–Kier alpha value is -1.30. The molecule has 0 radical (unpaired) electrons. The highest BCUT2D eigenvalue weighted by Gasteiger charge is 2.27. The maximum atomic E-state index is 12.4. The highest BCUT2D eigenvalue weighted by atomic mass is 32.2. The van der Waals surface area contributed by atoms with Gasteiger partial charge >= 0.3 is 0 Å². The van der Waals surface area contributed by atoms with E-state index in [-0.39, 0.29) is 11.5 Å². The molecule has 1 saturated heterocycles. The molecule has 0 aromatic carbocycles. The number of hydrogen-bond acceptors (Lipinski definition) is 4. The highest BCUT2D eigenvalue weighted by molar-refractivity contribution is 7.99. The lowest BCUT2D eigenvalue weighted by molar-refractivity contribution is -0.131. The average molecular weight is 307 g/mol. The molecule has 1 atom stereocenters. The maximum Gasteiger partial charge on any atom is 0.273 e. The van der Waals surface area contributed by atoms with Gasteiger partial charge in [-0.2, -0.15) is 4.98 Å². The fourth-order valence-corrected chi connectivity index (χ4v) is 3.74. The number of aromatic nitrogens is 2. The molecule has 2 heterocycles. The molecule has 2 fully saturated rings. The molecule has 5 nitrogen and oxygen atoms in total. The van der Waals surface area contributed by atoms with Crippen LogP contribution < -0.4 is 5.56 Å². The fraction of sp³-hybridized carbons (Fsp3) is 0.667. The van der Waals surface area contributed by atoms with Gasteiger partial charge in [0.15, 0.2) is 5.16 Å². The number of thioether (sulfide) groups is 1. The van der Waals surface area contributed by atoms with Gasteiger partial charge in [0.05, 0.1) is 5.75 Å². The van der Waals surface area contributed by atoms with Crippen molar-refractivity contribution >= 4 is 17.7 Å². The van der Waals surface area contributed by atoms with Crippen molar-refractivity contribution in [3.05, 3.63) is 22.6 Å². The zero-order valence-electron chi connectivity index (χ0n) is 12.3. The zero-order valence-corrected chi connectivity index (χ0v) is 13.1. The number of rotatable bonds is 4. The normalized spacial score (nSPS) is 22.3. The quantitative estimate of drug-likeness (QED) is 0.631. The van der Waals surface area contributed by atoms with Crippen LogP contribution in [0.4, 0.5) is 0 Å². The van der Waals surface area contributed by atoms with Gasteiger partial charge in [-0.15, -0.1) is 0 Å². The van der Waals surface area contributed by atoms with Gasteiger partial charge in [0.2, 0.25) is 5.91 Å². The van der Waals surface area contributed by atoms with Crippen molar-refractivity contribution in [1.29, 1.82) is 0 Å². The van der Waals surface area contributed by atoms with E-state index in [4.69, 9.17) is 0 Å². The lowest BCUT2D eigenvalue weighted by atomic mass is 10.0. The predicted octanol–water partition coefficient (Wildman–Crippen LogP) is 2.07. The van der Waals surface area contributed by atoms with E-state index in [0.29, 0.717) is 23.0 Å². The summed E-state index contributed by atoms with van der Waals surface area (Å²) in [7, 11) is 0. The molecule has 1 aromatic heterocycles. The highest BCUT2D eigenvalue weighted by Crippen LogP contribution is 2.37. The molecule has 21 heavy (non-hydrogen) atoms. The molecule has 0 N–H and O–H groups in total. The number of carbonyl (C=O) groups is 1. The summed E-state index contributed by atoms with van der Waals surface area (Å²) in [6.07, 6.45) is 7.47. The van der Waals surface area contributed by atoms with Gasteiger partial charge in [-0.05, 0) is 39.0 Å². The van der Waals surface area contributed by atoms with E-state index in [1.165, 1.54) is 24.2 Å². The van der Waals surface area contributed by atoms with Crippen molar-refractivity contribution in [2.75, 3.05) is 12.3 Å². The number of piperidine rings is 1. The zero-order chi connectivity index (χ0) is 14.8. The molecule has 0 spiro atoms. The van der Waals surface area contributed by atoms with Gasteiger partial charge in [0.1, 0.15) is 0 Å². The standard InChI is InChI=1S/C15H21N3O2S/c1-11-4-2-3-8-17(11)14(20)10-21-15-16-13(19)7-9-18(15)12-5-6-12/h7,9,11-12H,2-6,8,10H2,1H3/t11-/m1/s1. The molecule has 1 saturated carbocycles. The summed E-state index contributed by atoms with van der Waals surface area (Å²) in [6.45, 7) is 2.97. The molecular weight excluding hydrogens is 286 g/mol. The first-order chi connectivity index (χ1) is 10.1. The van der Waals surface area contributed by atoms with Crippen LogP contribution in [0.15, 0.2) is 22.2 Å². The summed E-state index contributed by atoms with van der Waals surface area (Å²) in [5.74, 6) is 0.528. The average Bonchev–Trinajstić information content (AvgIpc) is 3.30. The monoisotopic (exact) mass is 307 g/mol.